The normalized spacial score (nSPS) is 12.9. The Morgan fingerprint density at radius 3 is 2.43 bits per heavy atom. The van der Waals surface area contributed by atoms with Gasteiger partial charge in [0.1, 0.15) is 0 Å². The summed E-state index contributed by atoms with van der Waals surface area (Å²) in [5.41, 5.74) is -1.00. The van der Waals surface area contributed by atoms with Crippen molar-refractivity contribution in [2.24, 2.45) is 0 Å². The molecule has 0 saturated heterocycles. The van der Waals surface area contributed by atoms with Gasteiger partial charge in [0.2, 0.25) is 0 Å². The van der Waals surface area contributed by atoms with Gasteiger partial charge in [0.15, 0.2) is 0 Å². The highest BCUT2D eigenvalue weighted by Gasteiger charge is 2.35. The van der Waals surface area contributed by atoms with E-state index in [-0.39, 0.29) is 17.3 Å². The maximum atomic E-state index is 13.0. The van der Waals surface area contributed by atoms with Crippen molar-refractivity contribution in [2.45, 2.75) is 45.3 Å². The summed E-state index contributed by atoms with van der Waals surface area (Å²) in [6.07, 6.45) is -2.05. The van der Waals surface area contributed by atoms with Crippen molar-refractivity contribution in [3.63, 3.8) is 0 Å². The van der Waals surface area contributed by atoms with Crippen molar-refractivity contribution in [2.75, 3.05) is 12.4 Å². The number of carbonyl (C=O) groups is 1. The van der Waals surface area contributed by atoms with Gasteiger partial charge in [-0.1, -0.05) is 26.3 Å². The summed E-state index contributed by atoms with van der Waals surface area (Å²) < 4.78 is 38.9. The van der Waals surface area contributed by atoms with Crippen LogP contribution >= 0.6 is 0 Å². The van der Waals surface area contributed by atoms with Crippen molar-refractivity contribution in [1.29, 1.82) is 0 Å². The predicted molar refractivity (Wildman–Crippen MR) is 77.4 cm³/mol. The van der Waals surface area contributed by atoms with Crippen molar-refractivity contribution in [3.8, 4) is 0 Å². The van der Waals surface area contributed by atoms with Crippen LogP contribution in [0.1, 0.15) is 49.0 Å². The van der Waals surface area contributed by atoms with Crippen LogP contribution in [0.15, 0.2) is 18.2 Å². The molecule has 0 saturated carbocycles. The lowest BCUT2D eigenvalue weighted by molar-refractivity contribution is -0.136. The van der Waals surface area contributed by atoms with Gasteiger partial charge in [-0.05, 0) is 25.0 Å². The molecule has 0 spiro atoms. The van der Waals surface area contributed by atoms with Gasteiger partial charge in [0, 0.05) is 13.1 Å². The highest BCUT2D eigenvalue weighted by Crippen LogP contribution is 2.36. The zero-order valence-corrected chi connectivity index (χ0v) is 12.5. The largest absolute Gasteiger partial charge is 0.418 e. The predicted octanol–water partition coefficient (Wildman–Crippen LogP) is 4.06. The monoisotopic (exact) mass is 302 g/mol. The molecule has 0 heterocycles. The minimum Gasteiger partial charge on any atom is -0.387 e. The third kappa shape index (κ3) is 4.37. The molecule has 1 rings (SSSR count). The molecular weight excluding hydrogens is 281 g/mol. The van der Waals surface area contributed by atoms with E-state index >= 15 is 0 Å². The van der Waals surface area contributed by atoms with Crippen LogP contribution in [0.4, 0.5) is 18.9 Å². The van der Waals surface area contributed by atoms with Crippen molar-refractivity contribution >= 4 is 11.6 Å². The summed E-state index contributed by atoms with van der Waals surface area (Å²) in [5.74, 6) is -0.481. The molecule has 2 N–H and O–H groups in total. The van der Waals surface area contributed by atoms with Gasteiger partial charge in [-0.15, -0.1) is 0 Å². The van der Waals surface area contributed by atoms with Gasteiger partial charge in [-0.25, -0.2) is 0 Å². The van der Waals surface area contributed by atoms with Crippen LogP contribution in [-0.2, 0) is 6.18 Å². The minimum absolute atomic E-state index is 0.0156. The molecule has 6 heteroatoms. The first-order chi connectivity index (χ1) is 9.85. The number of rotatable bonds is 6. The summed E-state index contributed by atoms with van der Waals surface area (Å²) in [7, 11) is 1.38. The number of halogens is 3. The topological polar surface area (TPSA) is 41.1 Å². The zero-order valence-electron chi connectivity index (χ0n) is 12.5. The zero-order chi connectivity index (χ0) is 16.0. The van der Waals surface area contributed by atoms with Gasteiger partial charge in [-0.2, -0.15) is 13.2 Å². The lowest BCUT2D eigenvalue weighted by Gasteiger charge is -2.19. The standard InChI is InChI=1S/C15H21F3N2O/c1-4-7-10(5-2)20-14(21)11-8-6-9-12(13(11)19-3)15(16,17)18/h6,8-10,19H,4-5,7H2,1-3H3,(H,20,21). The minimum atomic E-state index is -4.50. The number of amides is 1. The van der Waals surface area contributed by atoms with Crippen molar-refractivity contribution < 1.29 is 18.0 Å². The van der Waals surface area contributed by atoms with Crippen LogP contribution in [0.25, 0.3) is 0 Å². The Bertz CT molecular complexity index is 486. The molecule has 1 amide bonds. The highest BCUT2D eigenvalue weighted by molar-refractivity contribution is 6.00. The molecule has 0 aromatic heterocycles. The maximum absolute atomic E-state index is 13.0. The van der Waals surface area contributed by atoms with Crippen LogP contribution in [-0.4, -0.2) is 19.0 Å². The fourth-order valence-corrected chi connectivity index (χ4v) is 2.24. The molecule has 1 unspecified atom stereocenters. The second-order valence-electron chi connectivity index (χ2n) is 4.84. The van der Waals surface area contributed by atoms with Crippen LogP contribution < -0.4 is 10.6 Å². The quantitative estimate of drug-likeness (QED) is 0.832. The van der Waals surface area contributed by atoms with Crippen LogP contribution in [0.3, 0.4) is 0 Å². The number of benzene rings is 1. The number of carbonyl (C=O) groups excluding carboxylic acids is 1. The first-order valence-corrected chi connectivity index (χ1v) is 7.03. The fourth-order valence-electron chi connectivity index (χ4n) is 2.24. The van der Waals surface area contributed by atoms with Gasteiger partial charge < -0.3 is 10.6 Å². The molecule has 0 radical (unpaired) electrons. The Labute approximate surface area is 122 Å². The van der Waals surface area contributed by atoms with Gasteiger partial charge in [-0.3, -0.25) is 4.79 Å². The van der Waals surface area contributed by atoms with E-state index in [1.807, 2.05) is 13.8 Å². The molecule has 1 atom stereocenters. The molecule has 1 aromatic carbocycles. The number of nitrogens with one attached hydrogen (secondary N) is 2. The third-order valence-electron chi connectivity index (χ3n) is 3.33. The summed E-state index contributed by atoms with van der Waals surface area (Å²) in [5, 5.41) is 5.29. The van der Waals surface area contributed by atoms with Gasteiger partial charge in [0.05, 0.1) is 16.8 Å². The van der Waals surface area contributed by atoms with E-state index in [0.29, 0.717) is 0 Å². The lowest BCUT2D eigenvalue weighted by atomic mass is 10.0. The molecule has 0 bridgehead atoms. The molecule has 3 nitrogen and oxygen atoms in total. The van der Waals surface area contributed by atoms with E-state index in [9.17, 15) is 18.0 Å². The number of hydrogen-bond donors (Lipinski definition) is 2. The third-order valence-corrected chi connectivity index (χ3v) is 3.33. The van der Waals surface area contributed by atoms with Crippen molar-refractivity contribution in [1.82, 2.24) is 5.32 Å². The number of hydrogen-bond acceptors (Lipinski definition) is 2. The maximum Gasteiger partial charge on any atom is 0.418 e. The fraction of sp³-hybridized carbons (Fsp3) is 0.533. The van der Waals surface area contributed by atoms with E-state index in [0.717, 1.165) is 25.3 Å². The summed E-state index contributed by atoms with van der Waals surface area (Å²) >= 11 is 0. The summed E-state index contributed by atoms with van der Waals surface area (Å²) in [6, 6.07) is 3.59. The Kier molecular flexibility index (Phi) is 6.05. The van der Waals surface area contributed by atoms with E-state index in [2.05, 4.69) is 10.6 Å². The van der Waals surface area contributed by atoms with E-state index < -0.39 is 17.6 Å². The molecule has 0 aliphatic carbocycles. The Hall–Kier alpha value is -1.72. The van der Waals surface area contributed by atoms with Crippen molar-refractivity contribution in [3.05, 3.63) is 29.3 Å². The molecule has 0 aliphatic rings. The molecule has 21 heavy (non-hydrogen) atoms. The Morgan fingerprint density at radius 1 is 1.29 bits per heavy atom. The lowest BCUT2D eigenvalue weighted by Crippen LogP contribution is -2.34. The second kappa shape index (κ2) is 7.33. The first kappa shape index (κ1) is 17.3. The smallest absolute Gasteiger partial charge is 0.387 e. The molecule has 118 valence electrons. The van der Waals surface area contributed by atoms with Gasteiger partial charge in [0.25, 0.3) is 5.91 Å². The van der Waals surface area contributed by atoms with E-state index in [1.54, 1.807) is 0 Å². The van der Waals surface area contributed by atoms with Crippen LogP contribution in [0.2, 0.25) is 0 Å². The second-order valence-corrected chi connectivity index (χ2v) is 4.84. The highest BCUT2D eigenvalue weighted by atomic mass is 19.4. The van der Waals surface area contributed by atoms with E-state index in [1.165, 1.54) is 19.2 Å². The Morgan fingerprint density at radius 2 is 1.95 bits per heavy atom. The number of alkyl halides is 3. The molecule has 0 aliphatic heterocycles. The summed E-state index contributed by atoms with van der Waals surface area (Å²) in [6.45, 7) is 3.93. The van der Waals surface area contributed by atoms with Gasteiger partial charge >= 0.3 is 6.18 Å². The average Bonchev–Trinajstić information content (AvgIpc) is 2.44. The summed E-state index contributed by atoms with van der Waals surface area (Å²) in [4.78, 5) is 12.2. The molecular formula is C15H21F3N2O. The number of para-hydroxylation sites is 1. The molecule has 0 fully saturated rings. The Balaban J connectivity index is 3.10. The van der Waals surface area contributed by atoms with Crippen LogP contribution in [0, 0.1) is 0 Å². The number of anilines is 1. The SMILES string of the molecule is CCCC(CC)NC(=O)c1cccc(C(F)(F)F)c1NC. The van der Waals surface area contributed by atoms with Crippen LogP contribution in [0.5, 0.6) is 0 Å². The molecule has 1 aromatic rings. The first-order valence-electron chi connectivity index (χ1n) is 7.03. The van der Waals surface area contributed by atoms with E-state index in [4.69, 9.17) is 0 Å². The average molecular weight is 302 g/mol.